The third-order valence-electron chi connectivity index (χ3n) is 2.25. The Bertz CT molecular complexity index is 223. The van der Waals surface area contributed by atoms with E-state index in [9.17, 15) is 4.79 Å². The number of carbonyl (C=O) groups excluding carboxylic acids is 1. The molecule has 1 unspecified atom stereocenters. The fourth-order valence-corrected chi connectivity index (χ4v) is 0.954. The van der Waals surface area contributed by atoms with E-state index in [1.807, 2.05) is 6.92 Å². The molecule has 68 valence electrons. The van der Waals surface area contributed by atoms with E-state index >= 15 is 0 Å². The molecule has 3 nitrogen and oxygen atoms in total. The number of thiocarbonyl (C=S) groups is 1. The highest BCUT2D eigenvalue weighted by molar-refractivity contribution is 7.80. The number of nitrogens with two attached hydrogens (primary N) is 1. The lowest BCUT2D eigenvalue weighted by Crippen LogP contribution is -2.41. The number of carbonyl (C=O) groups is 1. The molecule has 0 heterocycles. The number of rotatable bonds is 3. The van der Waals surface area contributed by atoms with Crippen molar-refractivity contribution in [3.05, 3.63) is 0 Å². The lowest BCUT2D eigenvalue weighted by Gasteiger charge is -2.15. The lowest BCUT2D eigenvalue weighted by atomic mass is 10.1. The molecule has 0 radical (unpaired) electrons. The minimum Gasteiger partial charge on any atom is -0.393 e. The van der Waals surface area contributed by atoms with E-state index in [1.54, 1.807) is 6.92 Å². The summed E-state index contributed by atoms with van der Waals surface area (Å²) in [5.74, 6) is -0.403. The van der Waals surface area contributed by atoms with Gasteiger partial charge in [0.1, 0.15) is 0 Å². The maximum Gasteiger partial charge on any atom is 0.230 e. The predicted octanol–water partition coefficient (Wildman–Crippen LogP) is 0.577. The normalized spacial score (nSPS) is 21.2. The van der Waals surface area contributed by atoms with Gasteiger partial charge in [0.05, 0.1) is 10.9 Å². The SMILES string of the molecule is CC(C(=O)NC1(C)CC1)C(N)=S. The lowest BCUT2D eigenvalue weighted by molar-refractivity contribution is -0.123. The van der Waals surface area contributed by atoms with E-state index in [0.717, 1.165) is 12.8 Å². The quantitative estimate of drug-likeness (QED) is 0.634. The monoisotopic (exact) mass is 186 g/mol. The third-order valence-corrected chi connectivity index (χ3v) is 2.60. The summed E-state index contributed by atoms with van der Waals surface area (Å²) in [5, 5.41) is 2.90. The highest BCUT2D eigenvalue weighted by Gasteiger charge is 2.39. The number of nitrogens with one attached hydrogen (secondary N) is 1. The summed E-state index contributed by atoms with van der Waals surface area (Å²) < 4.78 is 0. The van der Waals surface area contributed by atoms with Crippen LogP contribution in [0.1, 0.15) is 26.7 Å². The van der Waals surface area contributed by atoms with Gasteiger partial charge in [-0.3, -0.25) is 4.79 Å². The Labute approximate surface area is 77.7 Å². The van der Waals surface area contributed by atoms with E-state index in [2.05, 4.69) is 5.32 Å². The largest absolute Gasteiger partial charge is 0.393 e. The van der Waals surface area contributed by atoms with E-state index < -0.39 is 0 Å². The maximum atomic E-state index is 11.4. The zero-order valence-corrected chi connectivity index (χ0v) is 8.20. The van der Waals surface area contributed by atoms with Crippen molar-refractivity contribution in [1.82, 2.24) is 5.32 Å². The Kier molecular flexibility index (Phi) is 2.37. The van der Waals surface area contributed by atoms with Crippen LogP contribution in [0.25, 0.3) is 0 Å². The summed E-state index contributed by atoms with van der Waals surface area (Å²) in [7, 11) is 0. The van der Waals surface area contributed by atoms with Crippen LogP contribution in [0.15, 0.2) is 0 Å². The molecule has 4 heteroatoms. The number of hydrogen-bond donors (Lipinski definition) is 2. The van der Waals surface area contributed by atoms with E-state index in [0.29, 0.717) is 0 Å². The molecule has 0 spiro atoms. The minimum absolute atomic E-state index is 0.0239. The molecule has 1 fully saturated rings. The first kappa shape index (κ1) is 9.45. The summed E-state index contributed by atoms with van der Waals surface area (Å²) in [6.45, 7) is 3.75. The van der Waals surface area contributed by atoms with Gasteiger partial charge in [0.15, 0.2) is 0 Å². The highest BCUT2D eigenvalue weighted by atomic mass is 32.1. The average molecular weight is 186 g/mol. The summed E-state index contributed by atoms with van der Waals surface area (Å²) in [4.78, 5) is 11.6. The van der Waals surface area contributed by atoms with Crippen molar-refractivity contribution in [1.29, 1.82) is 0 Å². The van der Waals surface area contributed by atoms with E-state index in [-0.39, 0.29) is 22.4 Å². The van der Waals surface area contributed by atoms with Crippen LogP contribution in [0.5, 0.6) is 0 Å². The molecule has 1 saturated carbocycles. The van der Waals surface area contributed by atoms with Crippen molar-refractivity contribution in [2.24, 2.45) is 11.7 Å². The Hall–Kier alpha value is -0.640. The maximum absolute atomic E-state index is 11.4. The van der Waals surface area contributed by atoms with E-state index in [1.165, 1.54) is 0 Å². The number of amides is 1. The fourth-order valence-electron chi connectivity index (χ4n) is 0.847. The molecule has 1 rings (SSSR count). The van der Waals surface area contributed by atoms with Crippen LogP contribution in [-0.2, 0) is 4.79 Å². The molecule has 1 aliphatic carbocycles. The predicted molar refractivity (Wildman–Crippen MR) is 51.7 cm³/mol. The summed E-state index contributed by atoms with van der Waals surface area (Å²) >= 11 is 4.72. The average Bonchev–Trinajstić information content (AvgIpc) is 2.66. The first-order valence-corrected chi connectivity index (χ1v) is 4.47. The first-order valence-electron chi connectivity index (χ1n) is 4.06. The van der Waals surface area contributed by atoms with Crippen molar-refractivity contribution in [3.63, 3.8) is 0 Å². The second kappa shape index (κ2) is 3.01. The molecular weight excluding hydrogens is 172 g/mol. The molecule has 0 bridgehead atoms. The van der Waals surface area contributed by atoms with Crippen LogP contribution in [0.3, 0.4) is 0 Å². The smallest absolute Gasteiger partial charge is 0.230 e. The van der Waals surface area contributed by atoms with Gasteiger partial charge in [-0.05, 0) is 26.7 Å². The second-order valence-corrected chi connectivity index (χ2v) is 4.15. The molecule has 3 N–H and O–H groups in total. The fraction of sp³-hybridized carbons (Fsp3) is 0.750. The van der Waals surface area contributed by atoms with Crippen molar-refractivity contribution in [2.45, 2.75) is 32.2 Å². The molecule has 12 heavy (non-hydrogen) atoms. The summed E-state index contributed by atoms with van der Waals surface area (Å²) in [5.41, 5.74) is 5.37. The molecule has 0 aromatic carbocycles. The first-order chi connectivity index (χ1) is 5.44. The van der Waals surface area contributed by atoms with Crippen LogP contribution in [0.2, 0.25) is 0 Å². The Morgan fingerprint density at radius 2 is 2.17 bits per heavy atom. The van der Waals surface area contributed by atoms with Crippen LogP contribution < -0.4 is 11.1 Å². The van der Waals surface area contributed by atoms with Gasteiger partial charge in [0, 0.05) is 5.54 Å². The van der Waals surface area contributed by atoms with Crippen molar-refractivity contribution >= 4 is 23.1 Å². The summed E-state index contributed by atoms with van der Waals surface area (Å²) in [6, 6.07) is 0. The zero-order valence-electron chi connectivity index (χ0n) is 7.39. The van der Waals surface area contributed by atoms with Crippen LogP contribution in [0.4, 0.5) is 0 Å². The van der Waals surface area contributed by atoms with Crippen molar-refractivity contribution in [3.8, 4) is 0 Å². The van der Waals surface area contributed by atoms with Gasteiger partial charge in [-0.15, -0.1) is 0 Å². The van der Waals surface area contributed by atoms with Gasteiger partial charge in [0.25, 0.3) is 0 Å². The molecule has 0 aliphatic heterocycles. The van der Waals surface area contributed by atoms with Crippen LogP contribution in [0, 0.1) is 5.92 Å². The second-order valence-electron chi connectivity index (χ2n) is 3.67. The molecule has 0 aromatic rings. The van der Waals surface area contributed by atoms with Crippen molar-refractivity contribution < 1.29 is 4.79 Å². The number of hydrogen-bond acceptors (Lipinski definition) is 2. The van der Waals surface area contributed by atoms with Crippen molar-refractivity contribution in [2.75, 3.05) is 0 Å². The Balaban J connectivity index is 2.42. The molecular formula is C8H14N2OS. The molecule has 1 amide bonds. The Morgan fingerprint density at radius 3 is 2.50 bits per heavy atom. The van der Waals surface area contributed by atoms with Gasteiger partial charge < -0.3 is 11.1 Å². The molecule has 0 aromatic heterocycles. The Morgan fingerprint density at radius 1 is 1.67 bits per heavy atom. The van der Waals surface area contributed by atoms with Crippen LogP contribution >= 0.6 is 12.2 Å². The summed E-state index contributed by atoms with van der Waals surface area (Å²) in [6.07, 6.45) is 2.12. The zero-order chi connectivity index (χ0) is 9.35. The van der Waals surface area contributed by atoms with Gasteiger partial charge in [-0.25, -0.2) is 0 Å². The highest BCUT2D eigenvalue weighted by Crippen LogP contribution is 2.34. The molecule has 1 aliphatic rings. The van der Waals surface area contributed by atoms with Gasteiger partial charge in [-0.1, -0.05) is 12.2 Å². The molecule has 1 atom stereocenters. The third kappa shape index (κ3) is 2.17. The topological polar surface area (TPSA) is 55.1 Å². The molecule has 0 saturated heterocycles. The van der Waals surface area contributed by atoms with E-state index in [4.69, 9.17) is 18.0 Å². The van der Waals surface area contributed by atoms with Crippen LogP contribution in [-0.4, -0.2) is 16.4 Å². The van der Waals surface area contributed by atoms with Gasteiger partial charge >= 0.3 is 0 Å². The minimum atomic E-state index is -0.350. The van der Waals surface area contributed by atoms with Gasteiger partial charge in [0.2, 0.25) is 5.91 Å². The van der Waals surface area contributed by atoms with Gasteiger partial charge in [-0.2, -0.15) is 0 Å². The standard InChI is InChI=1S/C8H14N2OS/c1-5(6(9)12)7(11)10-8(2)3-4-8/h5H,3-4H2,1-2H3,(H2,9,12)(H,10,11).